The van der Waals surface area contributed by atoms with E-state index in [9.17, 15) is 13.2 Å². The standard InChI is InChI=1S/C13H25F3/c1-6-8-9-12(5,7-2)10-11(3,4)13(14,15)16/h6-10H2,1-5H3. The summed E-state index contributed by atoms with van der Waals surface area (Å²) in [5.74, 6) is 0. The van der Waals surface area contributed by atoms with E-state index in [2.05, 4.69) is 6.92 Å². The third-order valence-corrected chi connectivity index (χ3v) is 3.62. The quantitative estimate of drug-likeness (QED) is 0.567. The van der Waals surface area contributed by atoms with Crippen LogP contribution in [0.4, 0.5) is 13.2 Å². The summed E-state index contributed by atoms with van der Waals surface area (Å²) in [6, 6.07) is 0. The van der Waals surface area contributed by atoms with Gasteiger partial charge in [-0.1, -0.05) is 53.9 Å². The van der Waals surface area contributed by atoms with Crippen molar-refractivity contribution in [2.45, 2.75) is 72.9 Å². The maximum Gasteiger partial charge on any atom is 0.393 e. The van der Waals surface area contributed by atoms with E-state index in [-0.39, 0.29) is 11.8 Å². The summed E-state index contributed by atoms with van der Waals surface area (Å²) in [4.78, 5) is 0. The van der Waals surface area contributed by atoms with Crippen LogP contribution in [0, 0.1) is 10.8 Å². The van der Waals surface area contributed by atoms with Gasteiger partial charge in [0.25, 0.3) is 0 Å². The molecule has 0 spiro atoms. The molecule has 0 N–H and O–H groups in total. The normalized spacial score (nSPS) is 17.2. The molecule has 0 aromatic rings. The van der Waals surface area contributed by atoms with Crippen LogP contribution in [0.5, 0.6) is 0 Å². The average molecular weight is 238 g/mol. The first-order valence-electron chi connectivity index (χ1n) is 6.15. The minimum atomic E-state index is -4.10. The monoisotopic (exact) mass is 238 g/mol. The van der Waals surface area contributed by atoms with Gasteiger partial charge in [0.05, 0.1) is 5.41 Å². The number of hydrogen-bond donors (Lipinski definition) is 0. The highest BCUT2D eigenvalue weighted by atomic mass is 19.4. The Hall–Kier alpha value is -0.210. The second-order valence-corrected chi connectivity index (χ2v) is 5.83. The Labute approximate surface area is 97.6 Å². The number of alkyl halides is 3. The summed E-state index contributed by atoms with van der Waals surface area (Å²) in [5, 5.41) is 0. The van der Waals surface area contributed by atoms with Crippen molar-refractivity contribution in [2.75, 3.05) is 0 Å². The zero-order chi connectivity index (χ0) is 13.0. The van der Waals surface area contributed by atoms with Crippen LogP contribution in [0.25, 0.3) is 0 Å². The Morgan fingerprint density at radius 3 is 1.75 bits per heavy atom. The molecule has 16 heavy (non-hydrogen) atoms. The summed E-state index contributed by atoms with van der Waals surface area (Å²) in [6.07, 6.45) is -0.123. The van der Waals surface area contributed by atoms with Gasteiger partial charge in [0, 0.05) is 0 Å². The molecule has 0 bridgehead atoms. The molecule has 98 valence electrons. The predicted octanol–water partition coefficient (Wildman–Crippen LogP) is 5.57. The van der Waals surface area contributed by atoms with Crippen molar-refractivity contribution in [2.24, 2.45) is 10.8 Å². The third kappa shape index (κ3) is 4.34. The second-order valence-electron chi connectivity index (χ2n) is 5.83. The van der Waals surface area contributed by atoms with E-state index in [1.807, 2.05) is 13.8 Å². The van der Waals surface area contributed by atoms with Gasteiger partial charge in [0.1, 0.15) is 0 Å². The molecule has 0 radical (unpaired) electrons. The topological polar surface area (TPSA) is 0 Å². The molecule has 0 amide bonds. The maximum absolute atomic E-state index is 12.8. The summed E-state index contributed by atoms with van der Waals surface area (Å²) >= 11 is 0. The van der Waals surface area contributed by atoms with E-state index in [1.54, 1.807) is 0 Å². The lowest BCUT2D eigenvalue weighted by atomic mass is 9.69. The average Bonchev–Trinajstić information content (AvgIpc) is 2.12. The molecule has 1 unspecified atom stereocenters. The lowest BCUT2D eigenvalue weighted by Gasteiger charge is -2.38. The predicted molar refractivity (Wildman–Crippen MR) is 62.4 cm³/mol. The first-order valence-corrected chi connectivity index (χ1v) is 6.15. The smallest absolute Gasteiger partial charge is 0.171 e. The van der Waals surface area contributed by atoms with Crippen molar-refractivity contribution in [3.05, 3.63) is 0 Å². The van der Waals surface area contributed by atoms with Crippen molar-refractivity contribution in [3.63, 3.8) is 0 Å². The summed E-state index contributed by atoms with van der Waals surface area (Å²) < 4.78 is 38.5. The van der Waals surface area contributed by atoms with Crippen molar-refractivity contribution < 1.29 is 13.2 Å². The van der Waals surface area contributed by atoms with E-state index in [1.165, 1.54) is 13.8 Å². The van der Waals surface area contributed by atoms with E-state index in [0.717, 1.165) is 25.7 Å². The maximum atomic E-state index is 12.8. The highest BCUT2D eigenvalue weighted by Crippen LogP contribution is 2.48. The Bertz CT molecular complexity index is 206. The minimum absolute atomic E-state index is 0.185. The molecule has 0 saturated carbocycles. The fourth-order valence-electron chi connectivity index (χ4n) is 2.16. The molecule has 0 fully saturated rings. The Kier molecular flexibility index (Phi) is 5.34. The second kappa shape index (κ2) is 5.42. The first kappa shape index (κ1) is 15.8. The van der Waals surface area contributed by atoms with Crippen LogP contribution in [0.1, 0.15) is 66.7 Å². The molecule has 0 aliphatic rings. The molecular formula is C13H25F3. The molecular weight excluding hydrogens is 213 g/mol. The Morgan fingerprint density at radius 1 is 0.938 bits per heavy atom. The Balaban J connectivity index is 4.64. The van der Waals surface area contributed by atoms with Gasteiger partial charge in [-0.3, -0.25) is 0 Å². The largest absolute Gasteiger partial charge is 0.393 e. The van der Waals surface area contributed by atoms with E-state index >= 15 is 0 Å². The van der Waals surface area contributed by atoms with Gasteiger partial charge < -0.3 is 0 Å². The molecule has 0 aromatic heterocycles. The molecule has 3 heteroatoms. The lowest BCUT2D eigenvalue weighted by Crippen LogP contribution is -2.37. The summed E-state index contributed by atoms with van der Waals surface area (Å²) in [5.41, 5.74) is -1.76. The van der Waals surface area contributed by atoms with Gasteiger partial charge in [0.15, 0.2) is 0 Å². The number of halogens is 3. The minimum Gasteiger partial charge on any atom is -0.171 e. The SMILES string of the molecule is CCCCC(C)(CC)CC(C)(C)C(F)(F)F. The van der Waals surface area contributed by atoms with Crippen molar-refractivity contribution in [3.8, 4) is 0 Å². The Morgan fingerprint density at radius 2 is 1.44 bits per heavy atom. The first-order chi connectivity index (χ1) is 7.08. The molecule has 0 aromatic carbocycles. The molecule has 0 aliphatic heterocycles. The molecule has 0 nitrogen and oxygen atoms in total. The van der Waals surface area contributed by atoms with Crippen LogP contribution in [0.15, 0.2) is 0 Å². The van der Waals surface area contributed by atoms with Crippen LogP contribution in [-0.2, 0) is 0 Å². The third-order valence-electron chi connectivity index (χ3n) is 3.62. The fourth-order valence-corrected chi connectivity index (χ4v) is 2.16. The van der Waals surface area contributed by atoms with Crippen LogP contribution in [0.2, 0.25) is 0 Å². The van der Waals surface area contributed by atoms with Crippen molar-refractivity contribution in [1.82, 2.24) is 0 Å². The molecule has 0 heterocycles. The van der Waals surface area contributed by atoms with Gasteiger partial charge in [-0.25, -0.2) is 0 Å². The molecule has 0 aliphatic carbocycles. The highest BCUT2D eigenvalue weighted by Gasteiger charge is 2.49. The lowest BCUT2D eigenvalue weighted by molar-refractivity contribution is -0.221. The van der Waals surface area contributed by atoms with Crippen LogP contribution >= 0.6 is 0 Å². The van der Waals surface area contributed by atoms with Crippen LogP contribution in [0.3, 0.4) is 0 Å². The zero-order valence-electron chi connectivity index (χ0n) is 11.2. The summed E-state index contributed by atoms with van der Waals surface area (Å²) in [7, 11) is 0. The number of hydrogen-bond acceptors (Lipinski definition) is 0. The molecule has 1 atom stereocenters. The molecule has 0 rings (SSSR count). The molecule has 0 saturated heterocycles. The van der Waals surface area contributed by atoms with Crippen LogP contribution < -0.4 is 0 Å². The van der Waals surface area contributed by atoms with E-state index < -0.39 is 11.6 Å². The van der Waals surface area contributed by atoms with E-state index in [0.29, 0.717) is 0 Å². The summed E-state index contributed by atoms with van der Waals surface area (Å²) in [6.45, 7) is 8.67. The zero-order valence-corrected chi connectivity index (χ0v) is 11.2. The van der Waals surface area contributed by atoms with Gasteiger partial charge >= 0.3 is 6.18 Å². The fraction of sp³-hybridized carbons (Fsp3) is 1.00. The van der Waals surface area contributed by atoms with Gasteiger partial charge in [-0.05, 0) is 18.3 Å². The number of unbranched alkanes of at least 4 members (excludes halogenated alkanes) is 1. The highest BCUT2D eigenvalue weighted by molar-refractivity contribution is 4.86. The van der Waals surface area contributed by atoms with Gasteiger partial charge in [-0.2, -0.15) is 13.2 Å². The van der Waals surface area contributed by atoms with Gasteiger partial charge in [0.2, 0.25) is 0 Å². The van der Waals surface area contributed by atoms with E-state index in [4.69, 9.17) is 0 Å². The van der Waals surface area contributed by atoms with Crippen LogP contribution in [-0.4, -0.2) is 6.18 Å². The van der Waals surface area contributed by atoms with Crippen molar-refractivity contribution in [1.29, 1.82) is 0 Å². The number of rotatable bonds is 6. The van der Waals surface area contributed by atoms with Gasteiger partial charge in [-0.15, -0.1) is 0 Å². The van der Waals surface area contributed by atoms with Crippen molar-refractivity contribution >= 4 is 0 Å².